The van der Waals surface area contributed by atoms with Crippen molar-refractivity contribution in [3.8, 4) is 22.8 Å². The molecule has 0 saturated carbocycles. The number of fused-ring (bicyclic) bond motifs is 3. The zero-order valence-corrected chi connectivity index (χ0v) is 19.0. The molecule has 0 saturated heterocycles. The third-order valence-corrected chi connectivity index (χ3v) is 6.47. The minimum Gasteiger partial charge on any atom is -0.497 e. The van der Waals surface area contributed by atoms with Crippen molar-refractivity contribution in [1.29, 1.82) is 0 Å². The predicted molar refractivity (Wildman–Crippen MR) is 127 cm³/mol. The molecule has 31 heavy (non-hydrogen) atoms. The third kappa shape index (κ3) is 5.11. The number of ether oxygens (including phenoxy) is 2. The van der Waals surface area contributed by atoms with Crippen molar-refractivity contribution < 1.29 is 9.47 Å². The first-order valence-corrected chi connectivity index (χ1v) is 11.6. The summed E-state index contributed by atoms with van der Waals surface area (Å²) >= 11 is 1.80. The highest BCUT2D eigenvalue weighted by Crippen LogP contribution is 2.42. The Morgan fingerprint density at radius 2 is 1.97 bits per heavy atom. The molecule has 1 aliphatic heterocycles. The van der Waals surface area contributed by atoms with E-state index in [0.29, 0.717) is 12.6 Å². The van der Waals surface area contributed by atoms with Crippen molar-refractivity contribution in [3.05, 3.63) is 54.2 Å². The van der Waals surface area contributed by atoms with Gasteiger partial charge in [0.15, 0.2) is 0 Å². The lowest BCUT2D eigenvalue weighted by atomic mass is 10.1. The molecule has 6 nitrogen and oxygen atoms in total. The summed E-state index contributed by atoms with van der Waals surface area (Å²) in [7, 11) is 1.68. The van der Waals surface area contributed by atoms with Gasteiger partial charge in [-0.25, -0.2) is 9.97 Å². The summed E-state index contributed by atoms with van der Waals surface area (Å²) in [4.78, 5) is 12.9. The molecule has 0 fully saturated rings. The van der Waals surface area contributed by atoms with Gasteiger partial charge in [-0.3, -0.25) is 0 Å². The van der Waals surface area contributed by atoms with Crippen LogP contribution in [0.1, 0.15) is 19.4 Å². The average Bonchev–Trinajstić information content (AvgIpc) is 2.81. The molecule has 1 aliphatic rings. The zero-order valence-electron chi connectivity index (χ0n) is 18.2. The van der Waals surface area contributed by atoms with E-state index in [4.69, 9.17) is 14.5 Å². The largest absolute Gasteiger partial charge is 0.497 e. The molecule has 1 aromatic heterocycles. The van der Waals surface area contributed by atoms with E-state index in [1.165, 1.54) is 4.90 Å². The maximum atomic E-state index is 5.94. The zero-order chi connectivity index (χ0) is 21.6. The number of anilines is 2. The van der Waals surface area contributed by atoms with Crippen molar-refractivity contribution in [2.24, 2.45) is 0 Å². The number of nitrogens with zero attached hydrogens (tertiary/aromatic N) is 3. The number of thioether (sulfide) groups is 1. The summed E-state index contributed by atoms with van der Waals surface area (Å²) in [5.74, 6) is 3.10. The Kier molecular flexibility index (Phi) is 6.94. The monoisotopic (exact) mass is 436 g/mol. The molecule has 7 heteroatoms. The Morgan fingerprint density at radius 1 is 1.10 bits per heavy atom. The number of aromatic nitrogens is 2. The molecule has 0 radical (unpaired) electrons. The van der Waals surface area contributed by atoms with Gasteiger partial charge in [-0.15, -0.1) is 11.8 Å². The summed E-state index contributed by atoms with van der Waals surface area (Å²) in [6, 6.07) is 14.1. The SMILES string of the molecule is CCN(CC)CCOc1cccc(Nc2ncc3c(n2)-c2cc(OC)ccc2SC3)c1. The number of benzene rings is 2. The fourth-order valence-corrected chi connectivity index (χ4v) is 4.53. The van der Waals surface area contributed by atoms with E-state index in [0.717, 1.165) is 59.4 Å². The molecule has 4 rings (SSSR count). The van der Waals surface area contributed by atoms with E-state index >= 15 is 0 Å². The average molecular weight is 437 g/mol. The standard InChI is InChI=1S/C24H28N4O2S/c1-4-28(5-2)11-12-30-20-8-6-7-18(13-20)26-24-25-15-17-16-31-22-10-9-19(29-3)14-21(22)23(17)27-24/h6-10,13-15H,4-5,11-12,16H2,1-3H3,(H,25,26,27). The highest BCUT2D eigenvalue weighted by atomic mass is 32.2. The lowest BCUT2D eigenvalue weighted by molar-refractivity contribution is 0.223. The van der Waals surface area contributed by atoms with Gasteiger partial charge in [0.05, 0.1) is 12.8 Å². The van der Waals surface area contributed by atoms with Gasteiger partial charge in [0.1, 0.15) is 18.1 Å². The van der Waals surface area contributed by atoms with E-state index in [1.807, 2.05) is 42.6 Å². The van der Waals surface area contributed by atoms with Crippen LogP contribution < -0.4 is 14.8 Å². The number of hydrogen-bond donors (Lipinski definition) is 1. The Morgan fingerprint density at radius 3 is 2.77 bits per heavy atom. The lowest BCUT2D eigenvalue weighted by Gasteiger charge is -2.19. The Bertz CT molecular complexity index is 1040. The fourth-order valence-electron chi connectivity index (χ4n) is 3.53. The van der Waals surface area contributed by atoms with Crippen molar-refractivity contribution in [2.45, 2.75) is 24.5 Å². The molecule has 3 aromatic rings. The van der Waals surface area contributed by atoms with Gasteiger partial charge in [-0.2, -0.15) is 0 Å². The Hall–Kier alpha value is -2.77. The molecule has 0 amide bonds. The van der Waals surface area contributed by atoms with Crippen LogP contribution in [-0.2, 0) is 5.75 Å². The molecular formula is C24H28N4O2S. The van der Waals surface area contributed by atoms with Crippen LogP contribution in [0.2, 0.25) is 0 Å². The summed E-state index contributed by atoms with van der Waals surface area (Å²) in [5, 5.41) is 3.32. The van der Waals surface area contributed by atoms with Gasteiger partial charge in [-0.05, 0) is 43.4 Å². The Balaban J connectivity index is 1.49. The van der Waals surface area contributed by atoms with E-state index in [2.05, 4.69) is 35.1 Å². The number of methoxy groups -OCH3 is 1. The first-order chi connectivity index (χ1) is 15.2. The van der Waals surface area contributed by atoms with Gasteiger partial charge < -0.3 is 19.7 Å². The summed E-state index contributed by atoms with van der Waals surface area (Å²) in [5.41, 5.74) is 4.07. The number of likely N-dealkylation sites (N-methyl/N-ethyl adjacent to an activating group) is 1. The maximum absolute atomic E-state index is 5.94. The smallest absolute Gasteiger partial charge is 0.227 e. The molecule has 1 N–H and O–H groups in total. The van der Waals surface area contributed by atoms with Crippen LogP contribution in [0.5, 0.6) is 11.5 Å². The molecule has 0 bridgehead atoms. The van der Waals surface area contributed by atoms with Gasteiger partial charge in [0.25, 0.3) is 0 Å². The summed E-state index contributed by atoms with van der Waals surface area (Å²) in [6.45, 7) is 7.98. The van der Waals surface area contributed by atoms with Crippen LogP contribution in [0.4, 0.5) is 11.6 Å². The molecule has 0 unspecified atom stereocenters. The Labute approximate surface area is 188 Å². The van der Waals surface area contributed by atoms with E-state index in [1.54, 1.807) is 18.9 Å². The number of nitrogens with one attached hydrogen (secondary N) is 1. The second-order valence-corrected chi connectivity index (χ2v) is 8.26. The fraction of sp³-hybridized carbons (Fsp3) is 0.333. The summed E-state index contributed by atoms with van der Waals surface area (Å²) < 4.78 is 11.4. The van der Waals surface area contributed by atoms with E-state index in [-0.39, 0.29) is 0 Å². The van der Waals surface area contributed by atoms with E-state index in [9.17, 15) is 0 Å². The normalized spacial score (nSPS) is 12.3. The van der Waals surface area contributed by atoms with Crippen molar-refractivity contribution in [3.63, 3.8) is 0 Å². The van der Waals surface area contributed by atoms with Gasteiger partial charge in [-0.1, -0.05) is 19.9 Å². The van der Waals surface area contributed by atoms with Crippen LogP contribution in [0.15, 0.2) is 53.6 Å². The topological polar surface area (TPSA) is 59.5 Å². The van der Waals surface area contributed by atoms with Crippen molar-refractivity contribution >= 4 is 23.4 Å². The summed E-state index contributed by atoms with van der Waals surface area (Å²) in [6.07, 6.45) is 1.91. The van der Waals surface area contributed by atoms with Crippen LogP contribution in [0, 0.1) is 0 Å². The predicted octanol–water partition coefficient (Wildman–Crippen LogP) is 5.22. The molecule has 0 aliphatic carbocycles. The van der Waals surface area contributed by atoms with Crippen LogP contribution in [0.3, 0.4) is 0 Å². The lowest BCUT2D eigenvalue weighted by Crippen LogP contribution is -2.27. The minimum atomic E-state index is 0.569. The molecule has 0 spiro atoms. The molecular weight excluding hydrogens is 408 g/mol. The first kappa shape index (κ1) is 21.5. The van der Waals surface area contributed by atoms with Crippen molar-refractivity contribution in [1.82, 2.24) is 14.9 Å². The van der Waals surface area contributed by atoms with Gasteiger partial charge >= 0.3 is 0 Å². The second kappa shape index (κ2) is 10.0. The first-order valence-electron chi connectivity index (χ1n) is 10.6. The van der Waals surface area contributed by atoms with Crippen LogP contribution in [0.25, 0.3) is 11.3 Å². The van der Waals surface area contributed by atoms with Crippen LogP contribution in [-0.4, -0.2) is 48.2 Å². The quantitative estimate of drug-likeness (QED) is 0.493. The molecule has 2 heterocycles. The minimum absolute atomic E-state index is 0.569. The van der Waals surface area contributed by atoms with Gasteiger partial charge in [0.2, 0.25) is 5.95 Å². The second-order valence-electron chi connectivity index (χ2n) is 7.25. The molecule has 162 valence electrons. The third-order valence-electron chi connectivity index (χ3n) is 5.35. The highest BCUT2D eigenvalue weighted by molar-refractivity contribution is 7.98. The molecule has 2 aromatic carbocycles. The van der Waals surface area contributed by atoms with E-state index < -0.39 is 0 Å². The highest BCUT2D eigenvalue weighted by Gasteiger charge is 2.20. The van der Waals surface area contributed by atoms with Gasteiger partial charge in [0, 0.05) is 46.3 Å². The molecule has 0 atom stereocenters. The number of hydrogen-bond acceptors (Lipinski definition) is 7. The maximum Gasteiger partial charge on any atom is 0.227 e. The van der Waals surface area contributed by atoms with Crippen LogP contribution >= 0.6 is 11.8 Å². The number of rotatable bonds is 9. The van der Waals surface area contributed by atoms with Crippen molar-refractivity contribution in [2.75, 3.05) is 38.7 Å².